The minimum atomic E-state index is -3.44. The lowest BCUT2D eigenvalue weighted by atomic mass is 9.96. The summed E-state index contributed by atoms with van der Waals surface area (Å²) in [5.41, 5.74) is 0. The van der Waals surface area contributed by atoms with Crippen LogP contribution < -0.4 is 14.8 Å². The second kappa shape index (κ2) is 7.06. The van der Waals surface area contributed by atoms with Crippen molar-refractivity contribution in [3.05, 3.63) is 24.3 Å². The predicted molar refractivity (Wildman–Crippen MR) is 78.4 cm³/mol. The van der Waals surface area contributed by atoms with Gasteiger partial charge >= 0.3 is 0 Å². The van der Waals surface area contributed by atoms with Gasteiger partial charge in [0.2, 0.25) is 10.0 Å². The van der Waals surface area contributed by atoms with Gasteiger partial charge in [-0.05, 0) is 50.4 Å². The Morgan fingerprint density at radius 2 is 2.30 bits per heavy atom. The Labute approximate surface area is 120 Å². The summed E-state index contributed by atoms with van der Waals surface area (Å²) in [6.07, 6.45) is 3.22. The largest absolute Gasteiger partial charge is 0.497 e. The predicted octanol–water partition coefficient (Wildman–Crippen LogP) is 1.36. The van der Waals surface area contributed by atoms with Gasteiger partial charge < -0.3 is 10.1 Å². The zero-order valence-electron chi connectivity index (χ0n) is 11.8. The van der Waals surface area contributed by atoms with Crippen LogP contribution in [0.5, 0.6) is 5.75 Å². The molecule has 0 amide bonds. The van der Waals surface area contributed by atoms with E-state index in [4.69, 9.17) is 4.74 Å². The van der Waals surface area contributed by atoms with Gasteiger partial charge in [0.05, 0.1) is 12.0 Å². The first-order chi connectivity index (χ1) is 9.62. The molecule has 1 aliphatic rings. The fourth-order valence-corrected chi connectivity index (χ4v) is 3.50. The molecule has 2 rings (SSSR count). The van der Waals surface area contributed by atoms with Crippen molar-refractivity contribution in [1.29, 1.82) is 0 Å². The highest BCUT2D eigenvalue weighted by atomic mass is 32.2. The van der Waals surface area contributed by atoms with Crippen molar-refractivity contribution >= 4 is 10.0 Å². The third-order valence-corrected chi connectivity index (χ3v) is 5.05. The van der Waals surface area contributed by atoms with Gasteiger partial charge in [0.15, 0.2) is 0 Å². The molecule has 1 unspecified atom stereocenters. The summed E-state index contributed by atoms with van der Waals surface area (Å²) in [6.45, 7) is 2.54. The maximum Gasteiger partial charge on any atom is 0.240 e. The summed E-state index contributed by atoms with van der Waals surface area (Å²) in [6, 6.07) is 6.52. The Balaban J connectivity index is 1.89. The molecule has 5 nitrogen and oxygen atoms in total. The lowest BCUT2D eigenvalue weighted by molar-refractivity contribution is 0.358. The van der Waals surface area contributed by atoms with Gasteiger partial charge in [-0.1, -0.05) is 6.07 Å². The topological polar surface area (TPSA) is 67.4 Å². The van der Waals surface area contributed by atoms with Crippen LogP contribution in [0.25, 0.3) is 0 Å². The van der Waals surface area contributed by atoms with Crippen LogP contribution in [0.2, 0.25) is 0 Å². The number of rotatable bonds is 6. The van der Waals surface area contributed by atoms with E-state index in [9.17, 15) is 8.42 Å². The van der Waals surface area contributed by atoms with Crippen molar-refractivity contribution < 1.29 is 13.2 Å². The normalized spacial score (nSPS) is 19.8. The van der Waals surface area contributed by atoms with Gasteiger partial charge in [-0.15, -0.1) is 0 Å². The van der Waals surface area contributed by atoms with Crippen LogP contribution in [-0.4, -0.2) is 35.2 Å². The highest BCUT2D eigenvalue weighted by Gasteiger charge is 2.17. The Morgan fingerprint density at radius 1 is 1.45 bits per heavy atom. The highest BCUT2D eigenvalue weighted by Crippen LogP contribution is 2.17. The van der Waals surface area contributed by atoms with E-state index >= 15 is 0 Å². The summed E-state index contributed by atoms with van der Waals surface area (Å²) in [5, 5.41) is 3.34. The molecule has 1 aromatic rings. The van der Waals surface area contributed by atoms with Crippen molar-refractivity contribution in [3.8, 4) is 5.75 Å². The fourth-order valence-electron chi connectivity index (χ4n) is 2.42. The van der Waals surface area contributed by atoms with Crippen LogP contribution in [0.15, 0.2) is 29.2 Å². The molecule has 112 valence electrons. The third-order valence-electron chi connectivity index (χ3n) is 3.60. The van der Waals surface area contributed by atoms with Crippen molar-refractivity contribution in [3.63, 3.8) is 0 Å². The van der Waals surface area contributed by atoms with Crippen LogP contribution in [0.4, 0.5) is 0 Å². The van der Waals surface area contributed by atoms with Gasteiger partial charge in [-0.25, -0.2) is 13.1 Å². The minimum absolute atomic E-state index is 0.249. The molecule has 0 spiro atoms. The number of piperidine rings is 1. The molecule has 0 aliphatic carbocycles. The molecule has 1 atom stereocenters. The summed E-state index contributed by atoms with van der Waals surface area (Å²) in [7, 11) is -1.92. The van der Waals surface area contributed by atoms with Gasteiger partial charge in [-0.2, -0.15) is 0 Å². The van der Waals surface area contributed by atoms with E-state index in [0.717, 1.165) is 19.5 Å². The van der Waals surface area contributed by atoms with E-state index in [1.165, 1.54) is 26.0 Å². The molecule has 0 radical (unpaired) electrons. The molecule has 1 saturated heterocycles. The van der Waals surface area contributed by atoms with E-state index < -0.39 is 10.0 Å². The average molecular weight is 298 g/mol. The van der Waals surface area contributed by atoms with Crippen molar-refractivity contribution in [2.24, 2.45) is 5.92 Å². The molecular formula is C14H22N2O3S. The molecule has 20 heavy (non-hydrogen) atoms. The van der Waals surface area contributed by atoms with Crippen LogP contribution >= 0.6 is 0 Å². The molecule has 0 saturated carbocycles. The van der Waals surface area contributed by atoms with Crippen LogP contribution in [0, 0.1) is 5.92 Å². The Morgan fingerprint density at radius 3 is 3.00 bits per heavy atom. The SMILES string of the molecule is COc1cccc(S(=O)(=O)NCCC2CCCNC2)c1. The maximum atomic E-state index is 12.2. The average Bonchev–Trinajstić information content (AvgIpc) is 2.48. The quantitative estimate of drug-likeness (QED) is 0.832. The first-order valence-electron chi connectivity index (χ1n) is 6.96. The molecule has 0 bridgehead atoms. The molecule has 6 heteroatoms. The molecule has 1 heterocycles. The van der Waals surface area contributed by atoms with Crippen molar-refractivity contribution in [2.75, 3.05) is 26.7 Å². The highest BCUT2D eigenvalue weighted by molar-refractivity contribution is 7.89. The molecule has 1 aromatic carbocycles. The number of sulfonamides is 1. The van der Waals surface area contributed by atoms with E-state index in [0.29, 0.717) is 18.2 Å². The number of nitrogens with one attached hydrogen (secondary N) is 2. The smallest absolute Gasteiger partial charge is 0.240 e. The number of hydrogen-bond acceptors (Lipinski definition) is 4. The zero-order valence-corrected chi connectivity index (χ0v) is 12.6. The number of methoxy groups -OCH3 is 1. The summed E-state index contributed by atoms with van der Waals surface area (Å²) >= 11 is 0. The number of hydrogen-bond donors (Lipinski definition) is 2. The van der Waals surface area contributed by atoms with E-state index in [2.05, 4.69) is 10.0 Å². The van der Waals surface area contributed by atoms with Crippen molar-refractivity contribution in [2.45, 2.75) is 24.2 Å². The lowest BCUT2D eigenvalue weighted by Crippen LogP contribution is -2.33. The molecule has 2 N–H and O–H groups in total. The number of benzene rings is 1. The standard InChI is InChI=1S/C14H22N2O3S/c1-19-13-5-2-6-14(10-13)20(17,18)16-9-7-12-4-3-8-15-11-12/h2,5-6,10,12,15-16H,3-4,7-9,11H2,1H3. The molecule has 0 aromatic heterocycles. The van der Waals surface area contributed by atoms with E-state index in [-0.39, 0.29) is 4.90 Å². The van der Waals surface area contributed by atoms with Crippen molar-refractivity contribution in [1.82, 2.24) is 10.0 Å². The number of ether oxygens (including phenoxy) is 1. The second-order valence-electron chi connectivity index (χ2n) is 5.08. The molecular weight excluding hydrogens is 276 g/mol. The van der Waals surface area contributed by atoms with E-state index in [1.54, 1.807) is 18.2 Å². The van der Waals surface area contributed by atoms with Gasteiger partial charge in [-0.3, -0.25) is 0 Å². The lowest BCUT2D eigenvalue weighted by Gasteiger charge is -2.22. The summed E-state index contributed by atoms with van der Waals surface area (Å²) in [5.74, 6) is 1.11. The minimum Gasteiger partial charge on any atom is -0.497 e. The summed E-state index contributed by atoms with van der Waals surface area (Å²) < 4.78 is 32.0. The first kappa shape index (κ1) is 15.3. The van der Waals surface area contributed by atoms with Gasteiger partial charge in [0.25, 0.3) is 0 Å². The van der Waals surface area contributed by atoms with Crippen LogP contribution in [0.3, 0.4) is 0 Å². The third kappa shape index (κ3) is 4.19. The van der Waals surface area contributed by atoms with Gasteiger partial charge in [0.1, 0.15) is 5.75 Å². The van der Waals surface area contributed by atoms with Gasteiger partial charge in [0, 0.05) is 12.6 Å². The Hall–Kier alpha value is -1.11. The zero-order chi connectivity index (χ0) is 14.4. The maximum absolute atomic E-state index is 12.2. The van der Waals surface area contributed by atoms with Crippen LogP contribution in [0.1, 0.15) is 19.3 Å². The monoisotopic (exact) mass is 298 g/mol. The fraction of sp³-hybridized carbons (Fsp3) is 0.571. The van der Waals surface area contributed by atoms with E-state index in [1.807, 2.05) is 0 Å². The molecule has 1 fully saturated rings. The van der Waals surface area contributed by atoms with Crippen LogP contribution in [-0.2, 0) is 10.0 Å². The Bertz CT molecular complexity index is 525. The first-order valence-corrected chi connectivity index (χ1v) is 8.44. The summed E-state index contributed by atoms with van der Waals surface area (Å²) in [4.78, 5) is 0.249. The second-order valence-corrected chi connectivity index (χ2v) is 6.84. The molecule has 1 aliphatic heterocycles. The Kier molecular flexibility index (Phi) is 5.39.